The van der Waals surface area contributed by atoms with Gasteiger partial charge in [0, 0.05) is 54.5 Å². The Morgan fingerprint density at radius 2 is 0.614 bits per heavy atom. The van der Waals surface area contributed by atoms with Gasteiger partial charge in [-0.15, -0.1) is 0 Å². The van der Waals surface area contributed by atoms with Crippen LogP contribution in [0.5, 0.6) is 0 Å². The summed E-state index contributed by atoms with van der Waals surface area (Å²) in [5, 5.41) is 10.2. The summed E-state index contributed by atoms with van der Waals surface area (Å²) in [5.41, 5.74) is 15.8. The van der Waals surface area contributed by atoms with Gasteiger partial charge in [0.05, 0.1) is 38.6 Å². The Bertz CT molecular complexity index is 3730. The van der Waals surface area contributed by atoms with Crippen LogP contribution in [0.4, 0.5) is 0 Å². The van der Waals surface area contributed by atoms with Crippen molar-refractivity contribution < 1.29 is 0 Å². The van der Waals surface area contributed by atoms with Gasteiger partial charge in [0.1, 0.15) is 0 Å². The summed E-state index contributed by atoms with van der Waals surface area (Å²) in [6.07, 6.45) is 0. The second kappa shape index (κ2) is 11.5. The first-order valence-electron chi connectivity index (χ1n) is 19.7. The highest BCUT2D eigenvalue weighted by Gasteiger charge is 2.19. The van der Waals surface area contributed by atoms with Crippen LogP contribution in [0.1, 0.15) is 0 Å². The van der Waals surface area contributed by atoms with Crippen LogP contribution >= 0.6 is 0 Å². The number of benzene rings is 9. The summed E-state index contributed by atoms with van der Waals surface area (Å²) in [6.45, 7) is 0. The van der Waals surface area contributed by atoms with Crippen LogP contribution in [-0.4, -0.2) is 13.5 Å². The third-order valence-electron chi connectivity index (χ3n) is 12.4. The summed E-state index contributed by atoms with van der Waals surface area (Å²) >= 11 is 0. The lowest BCUT2D eigenvalue weighted by molar-refractivity contribution is 1.18. The fourth-order valence-electron chi connectivity index (χ4n) is 9.86. The third-order valence-corrected chi connectivity index (χ3v) is 12.4. The van der Waals surface area contributed by atoms with Gasteiger partial charge >= 0.3 is 0 Å². The fourth-order valence-corrected chi connectivity index (χ4v) is 9.86. The highest BCUT2D eigenvalue weighted by Crippen LogP contribution is 2.42. The molecule has 3 heteroatoms. The maximum atomic E-state index is 2.45. The maximum absolute atomic E-state index is 2.45. The number of hydrogen-bond acceptors (Lipinski definition) is 0. The first-order chi connectivity index (χ1) is 28.3. The summed E-state index contributed by atoms with van der Waals surface area (Å²) < 4.78 is 7.26. The van der Waals surface area contributed by atoms with Gasteiger partial charge in [-0.2, -0.15) is 0 Å². The molecule has 0 aliphatic heterocycles. The van der Waals surface area contributed by atoms with Crippen molar-refractivity contribution in [1.29, 1.82) is 0 Å². The van der Waals surface area contributed by atoms with Crippen molar-refractivity contribution in [1.82, 2.24) is 13.5 Å². The third kappa shape index (κ3) is 4.26. The second-order valence-electron chi connectivity index (χ2n) is 15.3. The average Bonchev–Trinajstić information content (AvgIpc) is 4.00. The monoisotopic (exact) mass is 723 g/mol. The molecule has 0 N–H and O–H groups in total. The van der Waals surface area contributed by atoms with Gasteiger partial charge in [-0.3, -0.25) is 0 Å². The number of para-hydroxylation sites is 5. The molecule has 0 bridgehead atoms. The first kappa shape index (κ1) is 30.7. The van der Waals surface area contributed by atoms with Crippen molar-refractivity contribution in [2.45, 2.75) is 0 Å². The Morgan fingerprint density at radius 1 is 0.228 bits per heavy atom. The van der Waals surface area contributed by atoms with Crippen molar-refractivity contribution in [2.75, 3.05) is 0 Å². The summed E-state index contributed by atoms with van der Waals surface area (Å²) in [7, 11) is 0. The quantitative estimate of drug-likeness (QED) is 0.172. The van der Waals surface area contributed by atoms with Crippen LogP contribution < -0.4 is 0 Å². The molecule has 13 rings (SSSR count). The number of nitrogens with zero attached hydrogens (tertiary/aromatic N) is 3. The highest BCUT2D eigenvalue weighted by molar-refractivity contribution is 6.23. The molecule has 0 fully saturated rings. The molecule has 264 valence electrons. The topological polar surface area (TPSA) is 14.3 Å². The van der Waals surface area contributed by atoms with Crippen molar-refractivity contribution in [3.8, 4) is 33.6 Å². The molecule has 0 atom stereocenters. The Labute approximate surface area is 327 Å². The molecule has 4 heterocycles. The minimum Gasteiger partial charge on any atom is -0.309 e. The molecule has 3 nitrogen and oxygen atoms in total. The van der Waals surface area contributed by atoms with E-state index in [0.717, 1.165) is 5.69 Å². The minimum atomic E-state index is 1.16. The molecule has 0 saturated carbocycles. The van der Waals surface area contributed by atoms with Crippen LogP contribution in [-0.2, 0) is 0 Å². The Hall–Kier alpha value is -7.62. The zero-order valence-corrected chi connectivity index (χ0v) is 30.9. The number of rotatable bonds is 4. The maximum Gasteiger partial charge on any atom is 0.0620 e. The Kier molecular flexibility index (Phi) is 6.16. The molecule has 13 aromatic rings. The van der Waals surface area contributed by atoms with E-state index in [0.29, 0.717) is 0 Å². The molecule has 0 aliphatic carbocycles. The van der Waals surface area contributed by atoms with E-state index >= 15 is 0 Å². The van der Waals surface area contributed by atoms with Crippen LogP contribution in [0.15, 0.2) is 200 Å². The minimum absolute atomic E-state index is 1.16. The lowest BCUT2D eigenvalue weighted by Gasteiger charge is -2.10. The van der Waals surface area contributed by atoms with Gasteiger partial charge in [-0.25, -0.2) is 0 Å². The Morgan fingerprint density at radius 3 is 1.25 bits per heavy atom. The Balaban J connectivity index is 0.995. The van der Waals surface area contributed by atoms with E-state index in [1.807, 2.05) is 0 Å². The van der Waals surface area contributed by atoms with E-state index in [2.05, 4.69) is 214 Å². The SMILES string of the molecule is c1ccc(-n2c3ccccc3c3cc(-c4ccc5c(c4)c4ccc(-c6ccc7c(c6)c6cccc8c9ccccc9n7c86)cc4n5-c4ccccc4)ccc32)cc1. The van der Waals surface area contributed by atoms with E-state index in [9.17, 15) is 0 Å². The van der Waals surface area contributed by atoms with Crippen LogP contribution in [0, 0.1) is 0 Å². The zero-order valence-electron chi connectivity index (χ0n) is 30.9. The molecule has 4 aromatic heterocycles. The number of aromatic nitrogens is 3. The lowest BCUT2D eigenvalue weighted by atomic mass is 9.99. The standard InChI is InChI=1S/C54H33N3/c1-3-12-38(13-4-1)55-48-20-9-8-17-41(48)45-30-34(23-27-50(45)55)35-24-28-51-46(31-35)42-26-22-37(33-53(42)56(51)39-14-5-2-6-15-39)36-25-29-52-47(32-36)44-19-11-18-43-40-16-7-10-21-49(40)57(52)54(43)44/h1-33H. The van der Waals surface area contributed by atoms with Gasteiger partial charge < -0.3 is 13.5 Å². The highest BCUT2D eigenvalue weighted by atomic mass is 15.0. The molecule has 0 aliphatic rings. The average molecular weight is 724 g/mol. The molecule has 0 amide bonds. The molecule has 0 radical (unpaired) electrons. The second-order valence-corrected chi connectivity index (χ2v) is 15.3. The van der Waals surface area contributed by atoms with Crippen LogP contribution in [0.3, 0.4) is 0 Å². The van der Waals surface area contributed by atoms with Gasteiger partial charge in [0.15, 0.2) is 0 Å². The summed E-state index contributed by atoms with van der Waals surface area (Å²) in [4.78, 5) is 0. The van der Waals surface area contributed by atoms with Crippen molar-refractivity contribution in [3.05, 3.63) is 200 Å². The van der Waals surface area contributed by atoms with Crippen LogP contribution in [0.2, 0.25) is 0 Å². The summed E-state index contributed by atoms with van der Waals surface area (Å²) in [5.74, 6) is 0. The largest absolute Gasteiger partial charge is 0.309 e. The van der Waals surface area contributed by atoms with Gasteiger partial charge in [-0.1, -0.05) is 121 Å². The van der Waals surface area contributed by atoms with E-state index in [4.69, 9.17) is 0 Å². The van der Waals surface area contributed by atoms with E-state index in [-0.39, 0.29) is 0 Å². The van der Waals surface area contributed by atoms with E-state index in [1.165, 1.54) is 110 Å². The van der Waals surface area contributed by atoms with Crippen molar-refractivity contribution in [3.63, 3.8) is 0 Å². The molecule has 0 spiro atoms. The molecule has 9 aromatic carbocycles. The predicted octanol–water partition coefficient (Wildman–Crippen LogP) is 14.4. The molecular weight excluding hydrogens is 691 g/mol. The molecular formula is C54H33N3. The van der Waals surface area contributed by atoms with Gasteiger partial charge in [-0.05, 0) is 101 Å². The zero-order chi connectivity index (χ0) is 37.2. The van der Waals surface area contributed by atoms with Crippen molar-refractivity contribution >= 4 is 81.7 Å². The van der Waals surface area contributed by atoms with E-state index < -0.39 is 0 Å². The fraction of sp³-hybridized carbons (Fsp3) is 0. The predicted molar refractivity (Wildman–Crippen MR) is 241 cm³/mol. The molecule has 0 saturated heterocycles. The summed E-state index contributed by atoms with van der Waals surface area (Å²) in [6, 6.07) is 73.7. The first-order valence-corrected chi connectivity index (χ1v) is 19.7. The normalized spacial score (nSPS) is 12.2. The molecule has 57 heavy (non-hydrogen) atoms. The van der Waals surface area contributed by atoms with Crippen LogP contribution in [0.25, 0.3) is 115 Å². The molecule has 0 unspecified atom stereocenters. The number of hydrogen-bond donors (Lipinski definition) is 0. The van der Waals surface area contributed by atoms with Crippen molar-refractivity contribution in [2.24, 2.45) is 0 Å². The smallest absolute Gasteiger partial charge is 0.0620 e. The van der Waals surface area contributed by atoms with E-state index in [1.54, 1.807) is 0 Å². The lowest BCUT2D eigenvalue weighted by Crippen LogP contribution is -1.93. The van der Waals surface area contributed by atoms with Gasteiger partial charge in [0.2, 0.25) is 0 Å². The van der Waals surface area contributed by atoms with Gasteiger partial charge in [0.25, 0.3) is 0 Å². The number of fused-ring (bicyclic) bond motifs is 12.